The van der Waals surface area contributed by atoms with Crippen molar-refractivity contribution in [2.75, 3.05) is 0 Å². The molecule has 0 saturated heterocycles. The molecule has 0 aromatic carbocycles. The van der Waals surface area contributed by atoms with Crippen molar-refractivity contribution in [3.63, 3.8) is 0 Å². The Hall–Kier alpha value is -1.07. The van der Waals surface area contributed by atoms with E-state index in [0.717, 1.165) is 11.1 Å². The summed E-state index contributed by atoms with van der Waals surface area (Å²) in [6, 6.07) is 1.83. The molecule has 5 heteroatoms. The summed E-state index contributed by atoms with van der Waals surface area (Å²) in [6.45, 7) is 1.98. The van der Waals surface area contributed by atoms with Crippen LogP contribution in [0.1, 0.15) is 42.9 Å². The molecule has 18 heavy (non-hydrogen) atoms. The molecule has 1 fully saturated rings. The van der Waals surface area contributed by atoms with Gasteiger partial charge in [-0.2, -0.15) is 0 Å². The average Bonchev–Trinajstić information content (AvgIpc) is 2.34. The van der Waals surface area contributed by atoms with Crippen molar-refractivity contribution < 1.29 is 8.78 Å². The quantitative estimate of drug-likeness (QED) is 0.645. The van der Waals surface area contributed by atoms with Gasteiger partial charge >= 0.3 is 0 Å². The molecule has 0 spiro atoms. The molecule has 1 saturated carbocycles. The second-order valence-corrected chi connectivity index (χ2v) is 5.07. The van der Waals surface area contributed by atoms with Crippen LogP contribution < -0.4 is 11.3 Å². The lowest BCUT2D eigenvalue weighted by molar-refractivity contribution is -0.0498. The predicted molar refractivity (Wildman–Crippen MR) is 65.9 cm³/mol. The van der Waals surface area contributed by atoms with E-state index >= 15 is 0 Å². The Labute approximate surface area is 106 Å². The fourth-order valence-electron chi connectivity index (χ4n) is 2.68. The summed E-state index contributed by atoms with van der Waals surface area (Å²) < 4.78 is 26.3. The highest BCUT2D eigenvalue weighted by Crippen LogP contribution is 2.41. The van der Waals surface area contributed by atoms with E-state index in [2.05, 4.69) is 10.4 Å². The zero-order valence-electron chi connectivity index (χ0n) is 10.5. The Morgan fingerprint density at radius 2 is 2.11 bits per heavy atom. The molecular weight excluding hydrogens is 236 g/mol. The van der Waals surface area contributed by atoms with Crippen LogP contribution in [0.3, 0.4) is 0 Å². The van der Waals surface area contributed by atoms with E-state index in [1.807, 2.05) is 13.0 Å². The van der Waals surface area contributed by atoms with Crippen LogP contribution in [0.25, 0.3) is 0 Å². The lowest BCUT2D eigenvalue weighted by atomic mass is 9.79. The van der Waals surface area contributed by atoms with Gasteiger partial charge in [0.05, 0.1) is 6.04 Å². The van der Waals surface area contributed by atoms with Crippen LogP contribution in [0, 0.1) is 12.8 Å². The first-order valence-corrected chi connectivity index (χ1v) is 6.28. The van der Waals surface area contributed by atoms with E-state index in [4.69, 9.17) is 5.84 Å². The van der Waals surface area contributed by atoms with E-state index in [1.165, 1.54) is 0 Å². The second kappa shape index (κ2) is 5.28. The molecule has 1 atom stereocenters. The fraction of sp³-hybridized carbons (Fsp3) is 0.615. The average molecular weight is 255 g/mol. The van der Waals surface area contributed by atoms with Gasteiger partial charge in [-0.3, -0.25) is 16.3 Å². The first-order valence-electron chi connectivity index (χ1n) is 6.28. The molecular formula is C13H19F2N3. The Balaban J connectivity index is 2.13. The van der Waals surface area contributed by atoms with Gasteiger partial charge in [-0.1, -0.05) is 0 Å². The van der Waals surface area contributed by atoms with Crippen LogP contribution in [0.5, 0.6) is 0 Å². The summed E-state index contributed by atoms with van der Waals surface area (Å²) in [5.41, 5.74) is 4.87. The number of aromatic nitrogens is 1. The molecule has 3 nitrogen and oxygen atoms in total. The molecule has 0 amide bonds. The molecule has 1 aromatic rings. The number of nitrogens with two attached hydrogens (primary N) is 1. The second-order valence-electron chi connectivity index (χ2n) is 5.07. The van der Waals surface area contributed by atoms with Gasteiger partial charge < -0.3 is 0 Å². The van der Waals surface area contributed by atoms with Crippen molar-refractivity contribution in [3.8, 4) is 0 Å². The smallest absolute Gasteiger partial charge is 0.248 e. The van der Waals surface area contributed by atoms with Gasteiger partial charge in [0, 0.05) is 25.2 Å². The van der Waals surface area contributed by atoms with Gasteiger partial charge in [0.2, 0.25) is 5.92 Å². The van der Waals surface area contributed by atoms with Gasteiger partial charge in [-0.25, -0.2) is 8.78 Å². The van der Waals surface area contributed by atoms with E-state index < -0.39 is 5.92 Å². The lowest BCUT2D eigenvalue weighted by Crippen LogP contribution is -2.37. The van der Waals surface area contributed by atoms with Crippen LogP contribution in [0.15, 0.2) is 18.5 Å². The van der Waals surface area contributed by atoms with E-state index in [0.29, 0.717) is 12.8 Å². The third-order valence-corrected chi connectivity index (χ3v) is 3.83. The van der Waals surface area contributed by atoms with Crippen LogP contribution in [-0.2, 0) is 0 Å². The number of halogens is 2. The molecule has 1 heterocycles. The minimum absolute atomic E-state index is 0.0465. The first-order chi connectivity index (χ1) is 8.53. The molecule has 0 bridgehead atoms. The molecule has 1 unspecified atom stereocenters. The number of nitrogens with zero attached hydrogens (tertiary/aromatic N) is 1. The largest absolute Gasteiger partial charge is 0.271 e. The minimum atomic E-state index is -2.50. The zero-order valence-corrected chi connectivity index (χ0v) is 10.5. The van der Waals surface area contributed by atoms with Gasteiger partial charge in [0.1, 0.15) is 0 Å². The lowest BCUT2D eigenvalue weighted by Gasteiger charge is -2.34. The molecule has 0 aliphatic heterocycles. The molecule has 1 aliphatic carbocycles. The van der Waals surface area contributed by atoms with Crippen molar-refractivity contribution in [1.29, 1.82) is 0 Å². The highest BCUT2D eigenvalue weighted by molar-refractivity contribution is 5.25. The third kappa shape index (κ3) is 2.84. The van der Waals surface area contributed by atoms with Gasteiger partial charge in [-0.15, -0.1) is 0 Å². The summed E-state index contributed by atoms with van der Waals surface area (Å²) >= 11 is 0. The monoisotopic (exact) mass is 255 g/mol. The minimum Gasteiger partial charge on any atom is -0.271 e. The number of aryl methyl sites for hydroxylation is 1. The normalized spacial score (nSPS) is 21.8. The molecule has 100 valence electrons. The van der Waals surface area contributed by atoms with Gasteiger partial charge in [-0.05, 0) is 42.9 Å². The van der Waals surface area contributed by atoms with Crippen molar-refractivity contribution >= 4 is 0 Å². The SMILES string of the molecule is Cc1ccncc1C(NN)C1CCC(F)(F)CC1. The van der Waals surface area contributed by atoms with Crippen molar-refractivity contribution in [2.24, 2.45) is 11.8 Å². The van der Waals surface area contributed by atoms with Gasteiger partial charge in [0.25, 0.3) is 0 Å². The standard InChI is InChI=1S/C13H19F2N3/c1-9-4-7-17-8-11(9)12(18-16)10-2-5-13(14,15)6-3-10/h4,7-8,10,12,18H,2-3,5-6,16H2,1H3. The fourth-order valence-corrected chi connectivity index (χ4v) is 2.68. The Bertz CT molecular complexity index is 399. The molecule has 1 aromatic heterocycles. The Morgan fingerprint density at radius 1 is 1.44 bits per heavy atom. The maximum Gasteiger partial charge on any atom is 0.248 e. The highest BCUT2D eigenvalue weighted by Gasteiger charge is 2.38. The Kier molecular flexibility index (Phi) is 3.92. The predicted octanol–water partition coefficient (Wildman–Crippen LogP) is 2.72. The third-order valence-electron chi connectivity index (χ3n) is 3.83. The van der Waals surface area contributed by atoms with Crippen LogP contribution in [0.2, 0.25) is 0 Å². The number of alkyl halides is 2. The summed E-state index contributed by atoms with van der Waals surface area (Å²) in [6.07, 6.45) is 4.39. The van der Waals surface area contributed by atoms with Crippen LogP contribution in [-0.4, -0.2) is 10.9 Å². The van der Waals surface area contributed by atoms with Crippen molar-refractivity contribution in [2.45, 2.75) is 44.6 Å². The summed E-state index contributed by atoms with van der Waals surface area (Å²) in [5.74, 6) is 3.26. The Morgan fingerprint density at radius 3 is 2.67 bits per heavy atom. The van der Waals surface area contributed by atoms with Crippen LogP contribution >= 0.6 is 0 Å². The zero-order chi connectivity index (χ0) is 13.2. The summed E-state index contributed by atoms with van der Waals surface area (Å²) in [7, 11) is 0. The highest BCUT2D eigenvalue weighted by atomic mass is 19.3. The number of rotatable bonds is 3. The number of pyridine rings is 1. The number of nitrogens with one attached hydrogen (secondary N) is 1. The van der Waals surface area contributed by atoms with E-state index in [1.54, 1.807) is 12.4 Å². The van der Waals surface area contributed by atoms with E-state index in [-0.39, 0.29) is 24.8 Å². The molecule has 3 N–H and O–H groups in total. The maximum absolute atomic E-state index is 13.2. The summed E-state index contributed by atoms with van der Waals surface area (Å²) in [4.78, 5) is 4.09. The number of hydrazine groups is 1. The van der Waals surface area contributed by atoms with Crippen molar-refractivity contribution in [3.05, 3.63) is 29.6 Å². The van der Waals surface area contributed by atoms with Crippen molar-refractivity contribution in [1.82, 2.24) is 10.4 Å². The number of hydrogen-bond donors (Lipinski definition) is 2. The molecule has 0 radical (unpaired) electrons. The molecule has 1 aliphatic rings. The first kappa shape index (κ1) is 13.4. The van der Waals surface area contributed by atoms with Crippen LogP contribution in [0.4, 0.5) is 8.78 Å². The number of hydrogen-bond acceptors (Lipinski definition) is 3. The van der Waals surface area contributed by atoms with Gasteiger partial charge in [0.15, 0.2) is 0 Å². The maximum atomic E-state index is 13.2. The topological polar surface area (TPSA) is 50.9 Å². The van der Waals surface area contributed by atoms with E-state index in [9.17, 15) is 8.78 Å². The molecule has 2 rings (SSSR count). The summed E-state index contributed by atoms with van der Waals surface area (Å²) in [5, 5.41) is 0.